The molecule has 0 fully saturated rings. The van der Waals surface area contributed by atoms with Crippen LogP contribution in [0.2, 0.25) is 0 Å². The van der Waals surface area contributed by atoms with Crippen molar-refractivity contribution < 1.29 is 39.0 Å². The molecule has 6 heavy (non-hydrogen) atoms. The Morgan fingerprint density at radius 3 is 0.500 bits per heavy atom. The first-order chi connectivity index (χ1) is 0. The van der Waals surface area contributed by atoms with E-state index in [1.165, 1.54) is 0 Å². The maximum absolute atomic E-state index is 0. The Morgan fingerprint density at radius 2 is 0.500 bits per heavy atom. The van der Waals surface area contributed by atoms with E-state index >= 15 is 0 Å². The average molecular weight is 206 g/mol. The van der Waals surface area contributed by atoms with Crippen molar-refractivity contribution in [2.24, 2.45) is 0 Å². The van der Waals surface area contributed by atoms with Crippen LogP contribution in [0.1, 0.15) is 0 Å². The van der Waals surface area contributed by atoms with E-state index in [1.54, 1.807) is 0 Å². The minimum absolute atomic E-state index is 0. The quantitative estimate of drug-likeness (QED) is 0.419. The predicted molar refractivity (Wildman–Crippen MR) is 19.1 cm³/mol. The second-order valence-corrected chi connectivity index (χ2v) is 0. The minimum atomic E-state index is 0. The van der Waals surface area contributed by atoms with Gasteiger partial charge in [0.25, 0.3) is 0 Å². The van der Waals surface area contributed by atoms with Gasteiger partial charge in [0.2, 0.25) is 0 Å². The van der Waals surface area contributed by atoms with Gasteiger partial charge in [0.15, 0.2) is 0 Å². The van der Waals surface area contributed by atoms with Gasteiger partial charge in [0, 0.05) is 0 Å². The summed E-state index contributed by atoms with van der Waals surface area (Å²) in [6.07, 6.45) is 0. The standard InChI is InChI=1S/Mn.4H2O.H4Se/h;4*1H2;1H4/q+2;;;;;+2/p-4. The molecule has 0 bridgehead atoms. The molecular formula is H8MnO4Se. The molecule has 4 N–H and O–H groups in total. The molecule has 0 aromatic rings. The fourth-order valence-corrected chi connectivity index (χ4v) is 0. The second-order valence-electron chi connectivity index (χ2n) is 0. The van der Waals surface area contributed by atoms with Crippen LogP contribution in [-0.2, 0) is 17.1 Å². The van der Waals surface area contributed by atoms with E-state index in [2.05, 4.69) is 0 Å². The number of hydrogen-bond acceptors (Lipinski definition) is 4. The molecule has 0 aromatic heterocycles. The van der Waals surface area contributed by atoms with Gasteiger partial charge in [-0.2, -0.15) is 0 Å². The Hall–Kier alpha value is 0.879. The maximum atomic E-state index is 0. The Morgan fingerprint density at radius 1 is 0.500 bits per heavy atom. The van der Waals surface area contributed by atoms with Crippen LogP contribution >= 0.6 is 0 Å². The van der Waals surface area contributed by atoms with E-state index < -0.39 is 0 Å². The Kier molecular flexibility index (Phi) is 9290. The second kappa shape index (κ2) is 181. The molecule has 0 heterocycles. The van der Waals surface area contributed by atoms with Crippen LogP contribution < -0.4 is 0 Å². The van der Waals surface area contributed by atoms with Crippen molar-refractivity contribution in [2.75, 3.05) is 0 Å². The molecule has 1 radical (unpaired) electrons. The Balaban J connectivity index is 0. The zero-order valence-corrected chi connectivity index (χ0v) is 7.02. The first-order valence-corrected chi connectivity index (χ1v) is 0. The first-order valence-electron chi connectivity index (χ1n) is 0. The van der Waals surface area contributed by atoms with Gasteiger partial charge in [-0.1, -0.05) is 0 Å². The molecule has 0 aliphatic heterocycles. The number of rotatable bonds is 0. The van der Waals surface area contributed by atoms with Gasteiger partial charge >= 0.3 is 34.1 Å². The normalized spacial score (nSPS) is 0. The van der Waals surface area contributed by atoms with E-state index in [0.29, 0.717) is 0 Å². The molecular weight excluding hydrogens is 198 g/mol. The molecule has 0 rings (SSSR count). The molecule has 0 saturated carbocycles. The van der Waals surface area contributed by atoms with Crippen LogP contribution in [0, 0.1) is 0 Å². The van der Waals surface area contributed by atoms with Gasteiger partial charge < -0.3 is 21.9 Å². The van der Waals surface area contributed by atoms with Crippen molar-refractivity contribution in [1.82, 2.24) is 0 Å². The summed E-state index contributed by atoms with van der Waals surface area (Å²) in [6, 6.07) is 0. The van der Waals surface area contributed by atoms with E-state index in [0.717, 1.165) is 0 Å². The predicted octanol–water partition coefficient (Wildman–Crippen LogP) is -2.16. The summed E-state index contributed by atoms with van der Waals surface area (Å²) in [7, 11) is 0. The van der Waals surface area contributed by atoms with E-state index in [-0.39, 0.29) is 56.0 Å². The molecule has 0 aliphatic carbocycles. The van der Waals surface area contributed by atoms with Crippen LogP contribution in [-0.4, -0.2) is 39.0 Å². The van der Waals surface area contributed by atoms with Crippen LogP contribution in [0.3, 0.4) is 0 Å². The van der Waals surface area contributed by atoms with Crippen LogP contribution in [0.4, 0.5) is 0 Å². The molecule has 0 unspecified atom stereocenters. The molecule has 45 valence electrons. The van der Waals surface area contributed by atoms with Gasteiger partial charge in [0.1, 0.15) is 0 Å². The zero-order chi connectivity index (χ0) is 0. The fourth-order valence-electron chi connectivity index (χ4n) is 0. The van der Waals surface area contributed by atoms with Crippen molar-refractivity contribution >= 4 is 17.1 Å². The van der Waals surface area contributed by atoms with Gasteiger partial charge in [-0.25, -0.2) is 0 Å². The van der Waals surface area contributed by atoms with Gasteiger partial charge in [0.05, 0.1) is 0 Å². The van der Waals surface area contributed by atoms with E-state index in [9.17, 15) is 0 Å². The van der Waals surface area contributed by atoms with Crippen molar-refractivity contribution in [3.05, 3.63) is 0 Å². The zero-order valence-electron chi connectivity index (χ0n) is 2.87. The fraction of sp³-hybridized carbons (Fsp3) is 0. The molecule has 0 atom stereocenters. The Labute approximate surface area is 56.5 Å². The first kappa shape index (κ1) is 308. The van der Waals surface area contributed by atoms with Crippen molar-refractivity contribution in [1.29, 1.82) is 0 Å². The molecule has 4 nitrogen and oxygen atoms in total. The SMILES string of the molecule is [Mn+2].[OH-].[OH-].[OH-].[OH-].[SeH4+2]. The average Bonchev–Trinajstić information content (AvgIpc) is 0. The van der Waals surface area contributed by atoms with Crippen LogP contribution in [0.25, 0.3) is 0 Å². The van der Waals surface area contributed by atoms with Crippen molar-refractivity contribution in [2.45, 2.75) is 0 Å². The molecule has 0 aliphatic rings. The summed E-state index contributed by atoms with van der Waals surface area (Å²) in [4.78, 5) is 0. The van der Waals surface area contributed by atoms with Gasteiger partial charge in [-0.15, -0.1) is 0 Å². The summed E-state index contributed by atoms with van der Waals surface area (Å²) in [5, 5.41) is 0. The third kappa shape index (κ3) is 95.0. The number of hydrogen-bond donors (Lipinski definition) is 0. The summed E-state index contributed by atoms with van der Waals surface area (Å²) in [5.41, 5.74) is 0. The van der Waals surface area contributed by atoms with E-state index in [1.807, 2.05) is 0 Å². The van der Waals surface area contributed by atoms with Gasteiger partial charge in [-0.05, 0) is 0 Å². The summed E-state index contributed by atoms with van der Waals surface area (Å²) >= 11 is 0. The topological polar surface area (TPSA) is 120 Å². The van der Waals surface area contributed by atoms with Crippen LogP contribution in [0.15, 0.2) is 0 Å². The third-order valence-corrected chi connectivity index (χ3v) is 0. The molecule has 0 saturated heterocycles. The Bertz CT molecular complexity index is 7.51. The summed E-state index contributed by atoms with van der Waals surface area (Å²) in [5.74, 6) is 0. The van der Waals surface area contributed by atoms with Gasteiger partial charge in [-0.3, -0.25) is 0 Å². The summed E-state index contributed by atoms with van der Waals surface area (Å²) in [6.45, 7) is 0. The molecule has 6 heteroatoms. The van der Waals surface area contributed by atoms with Crippen molar-refractivity contribution in [3.8, 4) is 0 Å². The molecule has 0 spiro atoms. The summed E-state index contributed by atoms with van der Waals surface area (Å²) < 4.78 is 0. The monoisotopic (exact) mass is 207 g/mol. The third-order valence-electron chi connectivity index (χ3n) is 0. The van der Waals surface area contributed by atoms with Crippen molar-refractivity contribution in [3.63, 3.8) is 0 Å². The van der Waals surface area contributed by atoms with Crippen LogP contribution in [0.5, 0.6) is 0 Å². The van der Waals surface area contributed by atoms with E-state index in [4.69, 9.17) is 0 Å². The molecule has 0 amide bonds. The molecule has 0 aromatic carbocycles.